The average molecular weight is 292 g/mol. The van der Waals surface area contributed by atoms with E-state index < -0.39 is 11.8 Å². The minimum absolute atomic E-state index is 0.379. The number of nitrogens with zero attached hydrogens (tertiary/aromatic N) is 2. The summed E-state index contributed by atoms with van der Waals surface area (Å²) in [5, 5.41) is 5.08. The Balaban J connectivity index is 2.28. The van der Waals surface area contributed by atoms with E-state index in [0.29, 0.717) is 12.4 Å². The SMILES string of the molecule is CCN(CC)CCCNC(=O)C(=O)Nc1ccc(C)cn1. The first-order valence-corrected chi connectivity index (χ1v) is 7.31. The van der Waals surface area contributed by atoms with Crippen LogP contribution in [0.3, 0.4) is 0 Å². The molecule has 0 radical (unpaired) electrons. The highest BCUT2D eigenvalue weighted by molar-refractivity contribution is 6.39. The third kappa shape index (κ3) is 6.35. The Bertz CT molecular complexity index is 455. The highest BCUT2D eigenvalue weighted by Gasteiger charge is 2.13. The van der Waals surface area contributed by atoms with Gasteiger partial charge in [0.2, 0.25) is 0 Å². The van der Waals surface area contributed by atoms with Gasteiger partial charge in [-0.2, -0.15) is 0 Å². The van der Waals surface area contributed by atoms with Gasteiger partial charge in [-0.3, -0.25) is 9.59 Å². The minimum Gasteiger partial charge on any atom is -0.348 e. The minimum atomic E-state index is -0.686. The van der Waals surface area contributed by atoms with E-state index in [0.717, 1.165) is 31.6 Å². The zero-order valence-corrected chi connectivity index (χ0v) is 13.0. The molecule has 0 unspecified atom stereocenters. The first-order chi connectivity index (χ1) is 10.1. The largest absolute Gasteiger partial charge is 0.348 e. The normalized spacial score (nSPS) is 10.5. The second kappa shape index (κ2) is 9.07. The van der Waals surface area contributed by atoms with Gasteiger partial charge in [0.15, 0.2) is 0 Å². The van der Waals surface area contributed by atoms with E-state index in [2.05, 4.69) is 34.4 Å². The Morgan fingerprint density at radius 2 is 1.90 bits per heavy atom. The third-order valence-corrected chi connectivity index (χ3v) is 3.19. The Kier molecular flexibility index (Phi) is 7.39. The summed E-state index contributed by atoms with van der Waals surface area (Å²) in [7, 11) is 0. The van der Waals surface area contributed by atoms with Crippen molar-refractivity contribution in [1.82, 2.24) is 15.2 Å². The molecule has 0 saturated carbocycles. The van der Waals surface area contributed by atoms with E-state index in [4.69, 9.17) is 0 Å². The molecular formula is C15H24N4O2. The Labute approximate surface area is 125 Å². The van der Waals surface area contributed by atoms with Gasteiger partial charge in [-0.05, 0) is 44.6 Å². The molecule has 0 aliphatic carbocycles. The monoisotopic (exact) mass is 292 g/mol. The number of anilines is 1. The van der Waals surface area contributed by atoms with Crippen LogP contribution in [0.4, 0.5) is 5.82 Å². The Hall–Kier alpha value is -1.95. The first-order valence-electron chi connectivity index (χ1n) is 7.31. The van der Waals surface area contributed by atoms with Crippen LogP contribution in [0.5, 0.6) is 0 Å². The second-order valence-electron chi connectivity index (χ2n) is 4.81. The summed E-state index contributed by atoms with van der Waals surface area (Å²) < 4.78 is 0. The van der Waals surface area contributed by atoms with E-state index in [1.54, 1.807) is 12.3 Å². The van der Waals surface area contributed by atoms with Crippen molar-refractivity contribution in [3.05, 3.63) is 23.9 Å². The van der Waals surface area contributed by atoms with Crippen molar-refractivity contribution in [2.45, 2.75) is 27.2 Å². The van der Waals surface area contributed by atoms with Crippen LogP contribution >= 0.6 is 0 Å². The molecule has 1 aromatic heterocycles. The molecule has 0 atom stereocenters. The van der Waals surface area contributed by atoms with Crippen LogP contribution in [0.1, 0.15) is 25.8 Å². The molecule has 0 saturated heterocycles. The first kappa shape index (κ1) is 17.1. The fourth-order valence-electron chi connectivity index (χ4n) is 1.84. The average Bonchev–Trinajstić information content (AvgIpc) is 2.49. The quantitative estimate of drug-likeness (QED) is 0.584. The number of pyridine rings is 1. The van der Waals surface area contributed by atoms with Crippen LogP contribution in [0.15, 0.2) is 18.3 Å². The smallest absolute Gasteiger partial charge is 0.314 e. The molecule has 0 aliphatic heterocycles. The summed E-state index contributed by atoms with van der Waals surface area (Å²) in [6.45, 7) is 9.49. The second-order valence-corrected chi connectivity index (χ2v) is 4.81. The summed E-state index contributed by atoms with van der Waals surface area (Å²) in [6, 6.07) is 3.49. The third-order valence-electron chi connectivity index (χ3n) is 3.19. The van der Waals surface area contributed by atoms with Gasteiger partial charge in [0.25, 0.3) is 0 Å². The van der Waals surface area contributed by atoms with E-state index >= 15 is 0 Å². The maximum atomic E-state index is 11.7. The molecule has 1 rings (SSSR count). The van der Waals surface area contributed by atoms with E-state index in [1.165, 1.54) is 0 Å². The number of nitrogens with one attached hydrogen (secondary N) is 2. The molecule has 0 aliphatic rings. The lowest BCUT2D eigenvalue weighted by molar-refractivity contribution is -0.136. The molecule has 0 aromatic carbocycles. The summed E-state index contributed by atoms with van der Waals surface area (Å²) in [6.07, 6.45) is 2.46. The molecule has 1 aromatic rings. The van der Waals surface area contributed by atoms with Crippen LogP contribution in [-0.4, -0.2) is 47.9 Å². The summed E-state index contributed by atoms with van der Waals surface area (Å²) in [5.74, 6) is -0.935. The van der Waals surface area contributed by atoms with Gasteiger partial charge in [-0.25, -0.2) is 4.98 Å². The van der Waals surface area contributed by atoms with Crippen LogP contribution in [0, 0.1) is 6.92 Å². The van der Waals surface area contributed by atoms with Crippen molar-refractivity contribution in [3.63, 3.8) is 0 Å². The van der Waals surface area contributed by atoms with Gasteiger partial charge in [-0.15, -0.1) is 0 Å². The lowest BCUT2D eigenvalue weighted by Gasteiger charge is -2.17. The fourth-order valence-corrected chi connectivity index (χ4v) is 1.84. The van der Waals surface area contributed by atoms with Crippen molar-refractivity contribution in [1.29, 1.82) is 0 Å². The predicted octanol–water partition coefficient (Wildman–Crippen LogP) is 1.18. The lowest BCUT2D eigenvalue weighted by atomic mass is 10.3. The number of carbonyl (C=O) groups excluding carboxylic acids is 2. The standard InChI is InChI=1S/C15H24N4O2/c1-4-19(5-2)10-6-9-16-14(20)15(21)18-13-8-7-12(3)11-17-13/h7-8,11H,4-6,9-10H2,1-3H3,(H,16,20)(H,17,18,21). The predicted molar refractivity (Wildman–Crippen MR) is 83.0 cm³/mol. The molecule has 2 amide bonds. The fraction of sp³-hybridized carbons (Fsp3) is 0.533. The number of hydrogen-bond acceptors (Lipinski definition) is 4. The summed E-state index contributed by atoms with van der Waals surface area (Å²) in [5.41, 5.74) is 0.994. The molecule has 6 heteroatoms. The molecular weight excluding hydrogens is 268 g/mol. The number of rotatable bonds is 7. The molecule has 6 nitrogen and oxygen atoms in total. The van der Waals surface area contributed by atoms with E-state index in [-0.39, 0.29) is 0 Å². The summed E-state index contributed by atoms with van der Waals surface area (Å²) >= 11 is 0. The van der Waals surface area contributed by atoms with E-state index in [1.807, 2.05) is 13.0 Å². The van der Waals surface area contributed by atoms with Crippen molar-refractivity contribution in [2.75, 3.05) is 31.5 Å². The number of aryl methyl sites for hydroxylation is 1. The molecule has 2 N–H and O–H groups in total. The van der Waals surface area contributed by atoms with Crippen molar-refractivity contribution < 1.29 is 9.59 Å². The van der Waals surface area contributed by atoms with Gasteiger partial charge in [0.05, 0.1) is 0 Å². The van der Waals surface area contributed by atoms with Crippen molar-refractivity contribution >= 4 is 17.6 Å². The molecule has 0 spiro atoms. The molecule has 116 valence electrons. The maximum absolute atomic E-state index is 11.7. The van der Waals surface area contributed by atoms with Gasteiger partial charge in [0.1, 0.15) is 5.82 Å². The Morgan fingerprint density at radius 3 is 2.48 bits per heavy atom. The van der Waals surface area contributed by atoms with Gasteiger partial charge in [0, 0.05) is 12.7 Å². The van der Waals surface area contributed by atoms with Gasteiger partial charge in [-0.1, -0.05) is 19.9 Å². The number of amides is 2. The van der Waals surface area contributed by atoms with Crippen LogP contribution in [-0.2, 0) is 9.59 Å². The zero-order chi connectivity index (χ0) is 15.7. The van der Waals surface area contributed by atoms with Crippen molar-refractivity contribution in [3.8, 4) is 0 Å². The molecule has 21 heavy (non-hydrogen) atoms. The number of hydrogen-bond donors (Lipinski definition) is 2. The van der Waals surface area contributed by atoms with Crippen LogP contribution in [0.25, 0.3) is 0 Å². The number of aromatic nitrogens is 1. The molecule has 0 fully saturated rings. The maximum Gasteiger partial charge on any atom is 0.314 e. The lowest BCUT2D eigenvalue weighted by Crippen LogP contribution is -2.37. The topological polar surface area (TPSA) is 74.3 Å². The van der Waals surface area contributed by atoms with Gasteiger partial charge >= 0.3 is 11.8 Å². The van der Waals surface area contributed by atoms with Crippen molar-refractivity contribution in [2.24, 2.45) is 0 Å². The molecule has 1 heterocycles. The summed E-state index contributed by atoms with van der Waals surface area (Å²) in [4.78, 5) is 29.6. The Morgan fingerprint density at radius 1 is 1.19 bits per heavy atom. The highest BCUT2D eigenvalue weighted by Crippen LogP contribution is 2.03. The van der Waals surface area contributed by atoms with Gasteiger partial charge < -0.3 is 15.5 Å². The van der Waals surface area contributed by atoms with Crippen LogP contribution < -0.4 is 10.6 Å². The number of carbonyl (C=O) groups is 2. The van der Waals surface area contributed by atoms with E-state index in [9.17, 15) is 9.59 Å². The molecule has 0 bridgehead atoms. The zero-order valence-electron chi connectivity index (χ0n) is 13.0. The highest BCUT2D eigenvalue weighted by atomic mass is 16.2. The van der Waals surface area contributed by atoms with Crippen LogP contribution in [0.2, 0.25) is 0 Å².